The number of para-hydroxylation sites is 1. The van der Waals surface area contributed by atoms with Crippen LogP contribution in [-0.2, 0) is 4.79 Å². The molecule has 4 nitrogen and oxygen atoms in total. The monoisotopic (exact) mass is 364 g/mol. The Morgan fingerprint density at radius 2 is 1.81 bits per heavy atom. The van der Waals surface area contributed by atoms with Crippen molar-refractivity contribution >= 4 is 16.8 Å². The van der Waals surface area contributed by atoms with Gasteiger partial charge in [-0.3, -0.25) is 9.78 Å². The van der Waals surface area contributed by atoms with E-state index < -0.39 is 5.60 Å². The number of pyridine rings is 1. The summed E-state index contributed by atoms with van der Waals surface area (Å²) in [4.78, 5) is 19.5. The SMILES string of the molecule is CC1(O)CC(C(=O)N2CC3(CCC(c4ccc5ccccc5n4)CC3)C2)C1. The summed E-state index contributed by atoms with van der Waals surface area (Å²) in [6.07, 6.45) is 5.99. The third-order valence-corrected chi connectivity index (χ3v) is 7.17. The lowest BCUT2D eigenvalue weighted by Gasteiger charge is -2.55. The van der Waals surface area contributed by atoms with Crippen LogP contribution in [0.2, 0.25) is 0 Å². The van der Waals surface area contributed by atoms with E-state index in [2.05, 4.69) is 36.4 Å². The van der Waals surface area contributed by atoms with Crippen molar-refractivity contribution in [2.45, 2.75) is 57.0 Å². The van der Waals surface area contributed by atoms with Gasteiger partial charge >= 0.3 is 0 Å². The number of likely N-dealkylation sites (tertiary alicyclic amines) is 1. The van der Waals surface area contributed by atoms with Crippen molar-refractivity contribution in [1.82, 2.24) is 9.88 Å². The fourth-order valence-corrected chi connectivity index (χ4v) is 5.51. The zero-order chi connectivity index (χ0) is 18.6. The van der Waals surface area contributed by atoms with Gasteiger partial charge in [0.05, 0.1) is 11.1 Å². The van der Waals surface area contributed by atoms with Crippen LogP contribution in [-0.4, -0.2) is 39.6 Å². The molecule has 4 heteroatoms. The van der Waals surface area contributed by atoms with Crippen LogP contribution in [0, 0.1) is 11.3 Å². The van der Waals surface area contributed by atoms with Crippen molar-refractivity contribution in [2.75, 3.05) is 13.1 Å². The lowest BCUT2D eigenvalue weighted by atomic mass is 9.64. The molecule has 0 unspecified atom stereocenters. The standard InChI is InChI=1S/C23H28N2O2/c1-22(27)12-18(13-22)21(26)25-14-23(15-25)10-8-17(9-11-23)20-7-6-16-4-2-3-5-19(16)24-20/h2-7,17-18,27H,8-15H2,1H3. The Kier molecular flexibility index (Phi) is 3.84. The molecule has 1 aromatic carbocycles. The number of aromatic nitrogens is 1. The quantitative estimate of drug-likeness (QED) is 0.880. The molecule has 27 heavy (non-hydrogen) atoms. The second kappa shape index (κ2) is 6.03. The van der Waals surface area contributed by atoms with Gasteiger partial charge in [0, 0.05) is 41.4 Å². The lowest BCUT2D eigenvalue weighted by Crippen LogP contribution is -2.62. The first kappa shape index (κ1) is 17.2. The molecule has 1 spiro atoms. The topological polar surface area (TPSA) is 53.4 Å². The molecule has 2 heterocycles. The van der Waals surface area contributed by atoms with Crippen molar-refractivity contribution < 1.29 is 9.90 Å². The van der Waals surface area contributed by atoms with Gasteiger partial charge in [-0.05, 0) is 57.6 Å². The molecular weight excluding hydrogens is 336 g/mol. The zero-order valence-electron chi connectivity index (χ0n) is 16.0. The number of amides is 1. The average Bonchev–Trinajstić information content (AvgIpc) is 2.63. The van der Waals surface area contributed by atoms with E-state index in [4.69, 9.17) is 4.98 Å². The Hall–Kier alpha value is -1.94. The van der Waals surface area contributed by atoms with Crippen LogP contribution in [0.5, 0.6) is 0 Å². The van der Waals surface area contributed by atoms with Gasteiger partial charge in [0.1, 0.15) is 0 Å². The smallest absolute Gasteiger partial charge is 0.225 e. The molecule has 1 aromatic heterocycles. The maximum atomic E-state index is 12.5. The summed E-state index contributed by atoms with van der Waals surface area (Å²) in [5.41, 5.74) is 2.04. The molecule has 0 radical (unpaired) electrons. The van der Waals surface area contributed by atoms with Crippen LogP contribution >= 0.6 is 0 Å². The van der Waals surface area contributed by atoms with E-state index in [1.807, 2.05) is 11.8 Å². The predicted molar refractivity (Wildman–Crippen MR) is 105 cm³/mol. The molecule has 5 rings (SSSR count). The van der Waals surface area contributed by atoms with E-state index in [1.54, 1.807) is 0 Å². The Morgan fingerprint density at radius 3 is 2.52 bits per heavy atom. The van der Waals surface area contributed by atoms with Crippen molar-refractivity contribution in [3.63, 3.8) is 0 Å². The number of fused-ring (bicyclic) bond motifs is 1. The molecule has 1 amide bonds. The van der Waals surface area contributed by atoms with Crippen LogP contribution in [0.1, 0.15) is 57.1 Å². The molecule has 0 atom stereocenters. The van der Waals surface area contributed by atoms with E-state index in [9.17, 15) is 9.90 Å². The number of rotatable bonds is 2. The summed E-state index contributed by atoms with van der Waals surface area (Å²) in [5.74, 6) is 0.868. The van der Waals surface area contributed by atoms with Gasteiger partial charge in [0.2, 0.25) is 5.91 Å². The van der Waals surface area contributed by atoms with Gasteiger partial charge in [0.15, 0.2) is 0 Å². The number of benzene rings is 1. The first-order valence-electron chi connectivity index (χ1n) is 10.3. The summed E-state index contributed by atoms with van der Waals surface area (Å²) in [6.45, 7) is 3.67. The van der Waals surface area contributed by atoms with Crippen molar-refractivity contribution in [3.8, 4) is 0 Å². The van der Waals surface area contributed by atoms with Crippen molar-refractivity contribution in [1.29, 1.82) is 0 Å². The molecule has 3 aliphatic rings. The zero-order valence-corrected chi connectivity index (χ0v) is 16.0. The van der Waals surface area contributed by atoms with E-state index in [1.165, 1.54) is 36.8 Å². The van der Waals surface area contributed by atoms with E-state index >= 15 is 0 Å². The summed E-state index contributed by atoms with van der Waals surface area (Å²) < 4.78 is 0. The number of aliphatic hydroxyl groups is 1. The Bertz CT molecular complexity index is 867. The highest BCUT2D eigenvalue weighted by atomic mass is 16.3. The van der Waals surface area contributed by atoms with Crippen LogP contribution in [0.4, 0.5) is 0 Å². The second-order valence-electron chi connectivity index (χ2n) is 9.50. The summed E-state index contributed by atoms with van der Waals surface area (Å²) in [6, 6.07) is 12.7. The normalized spacial score (nSPS) is 30.1. The number of carbonyl (C=O) groups excluding carboxylic acids is 1. The second-order valence-corrected chi connectivity index (χ2v) is 9.50. The Morgan fingerprint density at radius 1 is 1.11 bits per heavy atom. The third-order valence-electron chi connectivity index (χ3n) is 7.17. The summed E-state index contributed by atoms with van der Waals surface area (Å²) in [7, 11) is 0. The molecule has 1 N–H and O–H groups in total. The highest BCUT2D eigenvalue weighted by Crippen LogP contribution is 2.49. The van der Waals surface area contributed by atoms with Crippen LogP contribution in [0.25, 0.3) is 10.9 Å². The van der Waals surface area contributed by atoms with E-state index in [-0.39, 0.29) is 11.8 Å². The summed E-state index contributed by atoms with van der Waals surface area (Å²) >= 11 is 0. The first-order chi connectivity index (χ1) is 12.9. The predicted octanol–water partition coefficient (Wildman–Crippen LogP) is 3.88. The first-order valence-corrected chi connectivity index (χ1v) is 10.3. The molecule has 0 bridgehead atoms. The van der Waals surface area contributed by atoms with Crippen molar-refractivity contribution in [2.24, 2.45) is 11.3 Å². The molecule has 2 saturated carbocycles. The van der Waals surface area contributed by atoms with Gasteiger partial charge in [-0.2, -0.15) is 0 Å². The maximum absolute atomic E-state index is 12.5. The molecule has 3 fully saturated rings. The van der Waals surface area contributed by atoms with Gasteiger partial charge in [-0.15, -0.1) is 0 Å². The largest absolute Gasteiger partial charge is 0.390 e. The molecule has 1 saturated heterocycles. The van der Waals surface area contributed by atoms with Crippen LogP contribution < -0.4 is 0 Å². The lowest BCUT2D eigenvalue weighted by molar-refractivity contribution is -0.163. The van der Waals surface area contributed by atoms with E-state index in [0.29, 0.717) is 24.2 Å². The minimum atomic E-state index is -0.617. The minimum Gasteiger partial charge on any atom is -0.390 e. The molecule has 1 aliphatic heterocycles. The Balaban J connectivity index is 1.18. The number of carbonyl (C=O) groups is 1. The highest BCUT2D eigenvalue weighted by Gasteiger charge is 2.51. The molecular formula is C23H28N2O2. The number of hydrogen-bond acceptors (Lipinski definition) is 3. The maximum Gasteiger partial charge on any atom is 0.225 e. The third kappa shape index (κ3) is 3.04. The number of hydrogen-bond donors (Lipinski definition) is 1. The number of nitrogens with zero attached hydrogens (tertiary/aromatic N) is 2. The van der Waals surface area contributed by atoms with E-state index in [0.717, 1.165) is 18.6 Å². The molecule has 2 aliphatic carbocycles. The molecule has 2 aromatic rings. The summed E-state index contributed by atoms with van der Waals surface area (Å²) in [5, 5.41) is 11.1. The fraction of sp³-hybridized carbons (Fsp3) is 0.565. The van der Waals surface area contributed by atoms with Gasteiger partial charge in [0.25, 0.3) is 0 Å². The Labute approximate surface area is 160 Å². The van der Waals surface area contributed by atoms with Crippen molar-refractivity contribution in [3.05, 3.63) is 42.1 Å². The fourth-order valence-electron chi connectivity index (χ4n) is 5.51. The highest BCUT2D eigenvalue weighted by molar-refractivity contribution is 5.81. The van der Waals surface area contributed by atoms with Crippen LogP contribution in [0.3, 0.4) is 0 Å². The van der Waals surface area contributed by atoms with Gasteiger partial charge in [-0.25, -0.2) is 0 Å². The average molecular weight is 364 g/mol. The van der Waals surface area contributed by atoms with Gasteiger partial charge < -0.3 is 10.0 Å². The minimum absolute atomic E-state index is 0.0514. The van der Waals surface area contributed by atoms with Gasteiger partial charge in [-0.1, -0.05) is 24.3 Å². The molecule has 142 valence electrons. The van der Waals surface area contributed by atoms with Crippen LogP contribution in [0.15, 0.2) is 36.4 Å².